The van der Waals surface area contributed by atoms with Gasteiger partial charge in [0, 0.05) is 28.6 Å². The van der Waals surface area contributed by atoms with Gasteiger partial charge < -0.3 is 9.84 Å². The van der Waals surface area contributed by atoms with Crippen LogP contribution in [-0.4, -0.2) is 34.0 Å². The number of carbonyl (C=O) groups excluding carboxylic acids is 2. The molecule has 0 saturated carbocycles. The maximum atomic E-state index is 13.0. The third-order valence-electron chi connectivity index (χ3n) is 6.99. The van der Waals surface area contributed by atoms with Crippen molar-refractivity contribution in [1.82, 2.24) is 0 Å². The summed E-state index contributed by atoms with van der Waals surface area (Å²) in [6.45, 7) is 10.7. The average molecular weight is 483 g/mol. The summed E-state index contributed by atoms with van der Waals surface area (Å²) < 4.78 is 5.84. The van der Waals surface area contributed by atoms with E-state index in [1.165, 1.54) is 11.8 Å². The van der Waals surface area contributed by atoms with Crippen LogP contribution in [0.5, 0.6) is 0 Å². The van der Waals surface area contributed by atoms with E-state index in [1.807, 2.05) is 48.6 Å². The van der Waals surface area contributed by atoms with Crippen molar-refractivity contribution in [1.29, 1.82) is 0 Å². The maximum absolute atomic E-state index is 13.0. The molecule has 0 saturated heterocycles. The number of thioether (sulfide) groups is 1. The second-order valence-corrected chi connectivity index (χ2v) is 11.6. The van der Waals surface area contributed by atoms with Crippen molar-refractivity contribution >= 4 is 28.2 Å². The van der Waals surface area contributed by atoms with Gasteiger partial charge in [-0.25, -0.2) is 0 Å². The Labute approximate surface area is 208 Å². The van der Waals surface area contributed by atoms with Gasteiger partial charge in [-0.3, -0.25) is 9.59 Å². The number of aliphatic hydroxyl groups is 1. The Morgan fingerprint density at radius 3 is 2.50 bits per heavy atom. The number of Topliss-reactive ketones (excluding diaryl/α,β-unsaturated/α-hetero) is 1. The van der Waals surface area contributed by atoms with Gasteiger partial charge in [0.25, 0.3) is 0 Å². The van der Waals surface area contributed by atoms with Gasteiger partial charge in [0.05, 0.1) is 6.10 Å². The van der Waals surface area contributed by atoms with E-state index < -0.39 is 6.10 Å². The van der Waals surface area contributed by atoms with E-state index in [0.717, 1.165) is 17.6 Å². The van der Waals surface area contributed by atoms with Crippen molar-refractivity contribution in [3.8, 4) is 0 Å². The smallest absolute Gasteiger partial charge is 0.220 e. The highest BCUT2D eigenvalue weighted by molar-refractivity contribution is 8.15. The lowest BCUT2D eigenvalue weighted by Crippen LogP contribution is -2.35. The number of carbonyl (C=O) groups is 2. The summed E-state index contributed by atoms with van der Waals surface area (Å²) >= 11 is 1.31. The normalized spacial score (nSPS) is 22.6. The third kappa shape index (κ3) is 6.51. The number of allylic oxidation sites excluding steroid dienone is 3. The highest BCUT2D eigenvalue weighted by Crippen LogP contribution is 2.39. The van der Waals surface area contributed by atoms with Gasteiger partial charge in [0.1, 0.15) is 18.1 Å². The van der Waals surface area contributed by atoms with Crippen LogP contribution in [0.15, 0.2) is 60.4 Å². The minimum Gasteiger partial charge on any atom is -0.491 e. The molecule has 2 aliphatic rings. The molecular formula is C29H38O4S. The SMILES string of the molecule is CC(C)CC(C)(C(=O)CCC(O)COC1=CC2SC(=O)C(c3ccccc3)=CC2C=C1)C(C)C. The van der Waals surface area contributed by atoms with Crippen LogP contribution in [0.2, 0.25) is 0 Å². The predicted molar refractivity (Wildman–Crippen MR) is 140 cm³/mol. The van der Waals surface area contributed by atoms with Crippen molar-refractivity contribution in [3.63, 3.8) is 0 Å². The molecule has 0 spiro atoms. The van der Waals surface area contributed by atoms with E-state index in [0.29, 0.717) is 24.5 Å². The van der Waals surface area contributed by atoms with Gasteiger partial charge in [0.15, 0.2) is 0 Å². The van der Waals surface area contributed by atoms with E-state index >= 15 is 0 Å². The lowest BCUT2D eigenvalue weighted by Gasteiger charge is -2.34. The summed E-state index contributed by atoms with van der Waals surface area (Å²) in [5.41, 5.74) is 1.33. The van der Waals surface area contributed by atoms with Crippen molar-refractivity contribution in [2.75, 3.05) is 6.61 Å². The fraction of sp³-hybridized carbons (Fsp3) is 0.517. The van der Waals surface area contributed by atoms with Gasteiger partial charge in [-0.15, -0.1) is 0 Å². The molecule has 1 heterocycles. The monoisotopic (exact) mass is 482 g/mol. The van der Waals surface area contributed by atoms with E-state index in [9.17, 15) is 14.7 Å². The Morgan fingerprint density at radius 1 is 1.15 bits per heavy atom. The zero-order valence-electron chi connectivity index (χ0n) is 21.0. The molecule has 0 aromatic heterocycles. The molecule has 1 aliphatic carbocycles. The topological polar surface area (TPSA) is 63.6 Å². The van der Waals surface area contributed by atoms with Gasteiger partial charge in [-0.05, 0) is 42.4 Å². The molecule has 4 nitrogen and oxygen atoms in total. The van der Waals surface area contributed by atoms with Gasteiger partial charge in [0.2, 0.25) is 5.12 Å². The summed E-state index contributed by atoms with van der Waals surface area (Å²) in [5.74, 6) is 1.71. The number of ether oxygens (including phenoxy) is 1. The number of fused-ring (bicyclic) bond motifs is 1. The molecule has 4 atom stereocenters. The molecule has 1 N–H and O–H groups in total. The van der Waals surface area contributed by atoms with Crippen molar-refractivity contribution in [2.45, 2.75) is 65.2 Å². The van der Waals surface area contributed by atoms with Crippen LogP contribution in [0, 0.1) is 23.2 Å². The van der Waals surface area contributed by atoms with Crippen LogP contribution in [0.4, 0.5) is 0 Å². The Kier molecular flexibility index (Phi) is 9.00. The summed E-state index contributed by atoms with van der Waals surface area (Å²) in [6.07, 6.45) is 8.84. The lowest BCUT2D eigenvalue weighted by molar-refractivity contribution is -0.132. The predicted octanol–water partition coefficient (Wildman–Crippen LogP) is 6.22. The highest BCUT2D eigenvalue weighted by Gasteiger charge is 2.36. The number of hydrogen-bond acceptors (Lipinski definition) is 5. The minimum absolute atomic E-state index is 0.0125. The molecular weight excluding hydrogens is 444 g/mol. The minimum atomic E-state index is -0.711. The molecule has 184 valence electrons. The molecule has 34 heavy (non-hydrogen) atoms. The van der Waals surface area contributed by atoms with E-state index in [4.69, 9.17) is 4.74 Å². The first-order valence-corrected chi connectivity index (χ1v) is 13.2. The van der Waals surface area contributed by atoms with E-state index in [1.54, 1.807) is 0 Å². The molecule has 0 amide bonds. The Hall–Kier alpha value is -2.11. The summed E-state index contributed by atoms with van der Waals surface area (Å²) in [7, 11) is 0. The van der Waals surface area contributed by atoms with Crippen LogP contribution in [-0.2, 0) is 14.3 Å². The molecule has 0 radical (unpaired) electrons. The van der Waals surface area contributed by atoms with Crippen LogP contribution in [0.1, 0.15) is 59.4 Å². The molecule has 0 fully saturated rings. The largest absolute Gasteiger partial charge is 0.491 e. The van der Waals surface area contributed by atoms with Gasteiger partial charge in [-0.1, -0.05) is 88.9 Å². The van der Waals surface area contributed by atoms with E-state index in [-0.39, 0.29) is 40.0 Å². The first-order chi connectivity index (χ1) is 16.1. The zero-order valence-corrected chi connectivity index (χ0v) is 21.8. The Morgan fingerprint density at radius 2 is 1.85 bits per heavy atom. The van der Waals surface area contributed by atoms with Gasteiger partial charge in [-0.2, -0.15) is 0 Å². The van der Waals surface area contributed by atoms with Crippen LogP contribution in [0.25, 0.3) is 5.57 Å². The fourth-order valence-electron chi connectivity index (χ4n) is 4.66. The molecule has 4 unspecified atom stereocenters. The molecule has 1 aliphatic heterocycles. The number of aliphatic hydroxyl groups excluding tert-OH is 1. The summed E-state index contributed by atoms with van der Waals surface area (Å²) in [4.78, 5) is 25.7. The number of benzene rings is 1. The van der Waals surface area contributed by atoms with Crippen LogP contribution in [0.3, 0.4) is 0 Å². The molecule has 0 bridgehead atoms. The van der Waals surface area contributed by atoms with Crippen molar-refractivity contribution in [2.24, 2.45) is 23.2 Å². The van der Waals surface area contributed by atoms with Crippen molar-refractivity contribution < 1.29 is 19.4 Å². The maximum Gasteiger partial charge on any atom is 0.220 e. The van der Waals surface area contributed by atoms with Crippen LogP contribution >= 0.6 is 11.8 Å². The molecule has 1 aromatic rings. The quantitative estimate of drug-likeness (QED) is 0.406. The molecule has 5 heteroatoms. The fourth-order valence-corrected chi connectivity index (χ4v) is 5.75. The summed E-state index contributed by atoms with van der Waals surface area (Å²) in [5, 5.41) is 10.5. The number of ketones is 1. The second-order valence-electron chi connectivity index (χ2n) is 10.4. The molecule has 3 rings (SSSR count). The van der Waals surface area contributed by atoms with E-state index in [2.05, 4.69) is 40.7 Å². The summed E-state index contributed by atoms with van der Waals surface area (Å²) in [6, 6.07) is 9.74. The number of hydrogen-bond donors (Lipinski definition) is 1. The third-order valence-corrected chi connectivity index (χ3v) is 8.14. The van der Waals surface area contributed by atoms with Crippen molar-refractivity contribution in [3.05, 3.63) is 66.0 Å². The first kappa shape index (κ1) is 26.5. The second kappa shape index (κ2) is 11.5. The standard InChI is InChI=1S/C29H38O4S/c1-19(2)17-29(5,20(3)4)27(31)14-12-23(30)18-33-24-13-11-22-15-25(21-9-7-6-8-10-21)28(32)34-26(22)16-24/h6-11,13,15-16,19-20,22-23,26,30H,12,14,17-18H2,1-5H3. The average Bonchev–Trinajstić information content (AvgIpc) is 2.80. The number of rotatable bonds is 11. The van der Waals surface area contributed by atoms with Gasteiger partial charge >= 0.3 is 0 Å². The zero-order chi connectivity index (χ0) is 24.9. The first-order valence-electron chi connectivity index (χ1n) is 12.3. The Balaban J connectivity index is 1.52. The Bertz CT molecular complexity index is 960. The highest BCUT2D eigenvalue weighted by atomic mass is 32.2. The van der Waals surface area contributed by atoms with Crippen LogP contribution < -0.4 is 0 Å². The molecule has 1 aromatic carbocycles. The lowest BCUT2D eigenvalue weighted by atomic mass is 9.69.